The molecule has 1 aromatic heterocycles. The van der Waals surface area contributed by atoms with Crippen LogP contribution in [0.1, 0.15) is 12.1 Å². The van der Waals surface area contributed by atoms with Crippen molar-refractivity contribution in [1.82, 2.24) is 9.97 Å². The van der Waals surface area contributed by atoms with Crippen molar-refractivity contribution in [2.24, 2.45) is 0 Å². The molecule has 0 atom stereocenters. The third-order valence-corrected chi connectivity index (χ3v) is 2.09. The first-order valence-electron chi connectivity index (χ1n) is 5.72. The zero-order valence-corrected chi connectivity index (χ0v) is 10.4. The summed E-state index contributed by atoms with van der Waals surface area (Å²) in [5.74, 6) is 1.42. The Hall–Kier alpha value is -1.40. The predicted octanol–water partition coefficient (Wildman–Crippen LogP) is 0.638. The lowest BCUT2D eigenvalue weighted by Crippen LogP contribution is -2.09. The third-order valence-electron chi connectivity index (χ3n) is 2.09. The van der Waals surface area contributed by atoms with E-state index in [0.717, 1.165) is 24.5 Å². The maximum atomic E-state index is 8.52. The number of aliphatic hydroxyl groups excluding tert-OH is 1. The maximum absolute atomic E-state index is 8.52. The lowest BCUT2D eigenvalue weighted by molar-refractivity contribution is 0.0922. The monoisotopic (exact) mass is 240 g/mol. The van der Waals surface area contributed by atoms with E-state index >= 15 is 0 Å². The van der Waals surface area contributed by atoms with Crippen molar-refractivity contribution in [3.63, 3.8) is 0 Å². The average Bonchev–Trinajstić information content (AvgIpc) is 2.33. The third kappa shape index (κ3) is 5.46. The highest BCUT2D eigenvalue weighted by Crippen LogP contribution is 2.08. The van der Waals surface area contributed by atoms with Gasteiger partial charge in [0.2, 0.25) is 5.95 Å². The molecule has 96 valence electrons. The van der Waals surface area contributed by atoms with Gasteiger partial charge in [0.1, 0.15) is 5.82 Å². The van der Waals surface area contributed by atoms with Crippen LogP contribution in [0.4, 0.5) is 11.8 Å². The van der Waals surface area contributed by atoms with Crippen molar-refractivity contribution in [3.05, 3.63) is 11.8 Å². The van der Waals surface area contributed by atoms with Gasteiger partial charge in [-0.05, 0) is 13.3 Å². The SMILES string of the molecule is CNc1nc(C)cc(NCCCOCCO)n1. The topological polar surface area (TPSA) is 79.3 Å². The molecule has 0 spiro atoms. The molecular weight excluding hydrogens is 220 g/mol. The Morgan fingerprint density at radius 1 is 1.35 bits per heavy atom. The minimum absolute atomic E-state index is 0.0735. The first-order valence-corrected chi connectivity index (χ1v) is 5.72. The zero-order chi connectivity index (χ0) is 12.5. The lowest BCUT2D eigenvalue weighted by Gasteiger charge is -2.08. The molecule has 17 heavy (non-hydrogen) atoms. The number of hydrogen-bond donors (Lipinski definition) is 3. The minimum Gasteiger partial charge on any atom is -0.394 e. The van der Waals surface area contributed by atoms with Crippen LogP contribution in [-0.4, -0.2) is 48.5 Å². The van der Waals surface area contributed by atoms with Gasteiger partial charge in [-0.25, -0.2) is 4.98 Å². The fourth-order valence-corrected chi connectivity index (χ4v) is 1.33. The summed E-state index contributed by atoms with van der Waals surface area (Å²) in [6.07, 6.45) is 0.873. The maximum Gasteiger partial charge on any atom is 0.224 e. The van der Waals surface area contributed by atoms with E-state index in [-0.39, 0.29) is 6.61 Å². The molecule has 0 radical (unpaired) electrons. The van der Waals surface area contributed by atoms with E-state index in [9.17, 15) is 0 Å². The Kier molecular flexibility index (Phi) is 6.27. The number of aliphatic hydroxyl groups is 1. The summed E-state index contributed by atoms with van der Waals surface area (Å²) in [7, 11) is 1.79. The average molecular weight is 240 g/mol. The van der Waals surface area contributed by atoms with Gasteiger partial charge in [0, 0.05) is 32.0 Å². The zero-order valence-electron chi connectivity index (χ0n) is 10.4. The molecule has 3 N–H and O–H groups in total. The van der Waals surface area contributed by atoms with Crippen LogP contribution in [-0.2, 0) is 4.74 Å². The summed E-state index contributed by atoms with van der Waals surface area (Å²) in [5, 5.41) is 14.6. The molecule has 1 heterocycles. The predicted molar refractivity (Wildman–Crippen MR) is 67.3 cm³/mol. The Balaban J connectivity index is 2.28. The molecule has 6 nitrogen and oxygen atoms in total. The quantitative estimate of drug-likeness (QED) is 0.579. The van der Waals surface area contributed by atoms with Crippen molar-refractivity contribution in [2.75, 3.05) is 44.0 Å². The Labute approximate surface area is 101 Å². The molecule has 1 aromatic rings. The highest BCUT2D eigenvalue weighted by atomic mass is 16.5. The highest BCUT2D eigenvalue weighted by Gasteiger charge is 1.99. The van der Waals surface area contributed by atoms with E-state index < -0.39 is 0 Å². The molecule has 0 amide bonds. The van der Waals surface area contributed by atoms with Crippen LogP contribution in [0, 0.1) is 6.92 Å². The summed E-state index contributed by atoms with van der Waals surface area (Å²) in [4.78, 5) is 8.48. The minimum atomic E-state index is 0.0735. The van der Waals surface area contributed by atoms with Gasteiger partial charge in [0.25, 0.3) is 0 Å². The van der Waals surface area contributed by atoms with Crippen LogP contribution < -0.4 is 10.6 Å². The molecule has 0 unspecified atom stereocenters. The van der Waals surface area contributed by atoms with Crippen LogP contribution in [0.3, 0.4) is 0 Å². The van der Waals surface area contributed by atoms with Crippen molar-refractivity contribution < 1.29 is 9.84 Å². The standard InChI is InChI=1S/C11H20N4O2/c1-9-8-10(15-11(12-2)14-9)13-4-3-6-17-7-5-16/h8,16H,3-7H2,1-2H3,(H2,12,13,14,15). The van der Waals surface area contributed by atoms with Crippen LogP contribution in [0.5, 0.6) is 0 Å². The van der Waals surface area contributed by atoms with Crippen LogP contribution in [0.2, 0.25) is 0 Å². The van der Waals surface area contributed by atoms with Gasteiger partial charge < -0.3 is 20.5 Å². The number of ether oxygens (including phenoxy) is 1. The van der Waals surface area contributed by atoms with E-state index in [0.29, 0.717) is 19.2 Å². The second-order valence-electron chi connectivity index (χ2n) is 3.58. The van der Waals surface area contributed by atoms with Gasteiger partial charge in [-0.2, -0.15) is 4.98 Å². The number of nitrogens with zero attached hydrogens (tertiary/aromatic N) is 2. The molecule has 0 saturated carbocycles. The molecule has 0 fully saturated rings. The van der Waals surface area contributed by atoms with Gasteiger partial charge in [0.05, 0.1) is 13.2 Å². The smallest absolute Gasteiger partial charge is 0.224 e. The van der Waals surface area contributed by atoms with E-state index in [4.69, 9.17) is 9.84 Å². The Bertz CT molecular complexity index is 333. The second-order valence-corrected chi connectivity index (χ2v) is 3.58. The van der Waals surface area contributed by atoms with Crippen LogP contribution >= 0.6 is 0 Å². The molecule has 0 bridgehead atoms. The van der Waals surface area contributed by atoms with E-state index in [1.165, 1.54) is 0 Å². The molecule has 0 aliphatic carbocycles. The van der Waals surface area contributed by atoms with Crippen LogP contribution in [0.25, 0.3) is 0 Å². The van der Waals surface area contributed by atoms with Gasteiger partial charge in [-0.3, -0.25) is 0 Å². The number of nitrogens with one attached hydrogen (secondary N) is 2. The molecule has 0 aromatic carbocycles. The molecule has 6 heteroatoms. The summed E-state index contributed by atoms with van der Waals surface area (Å²) in [6.45, 7) is 3.82. The van der Waals surface area contributed by atoms with Gasteiger partial charge in [-0.15, -0.1) is 0 Å². The summed E-state index contributed by atoms with van der Waals surface area (Å²) >= 11 is 0. The number of aromatic nitrogens is 2. The van der Waals surface area contributed by atoms with E-state index in [1.807, 2.05) is 13.0 Å². The van der Waals surface area contributed by atoms with Crippen LogP contribution in [0.15, 0.2) is 6.07 Å². The largest absolute Gasteiger partial charge is 0.394 e. The van der Waals surface area contributed by atoms with Gasteiger partial charge >= 0.3 is 0 Å². The number of aryl methyl sites for hydroxylation is 1. The summed E-state index contributed by atoms with van der Waals surface area (Å²) in [5.41, 5.74) is 0.920. The highest BCUT2D eigenvalue weighted by molar-refractivity contribution is 5.41. The molecular formula is C11H20N4O2. The molecule has 0 aliphatic heterocycles. The molecule has 0 saturated heterocycles. The van der Waals surface area contributed by atoms with E-state index in [1.54, 1.807) is 7.05 Å². The Morgan fingerprint density at radius 2 is 2.18 bits per heavy atom. The van der Waals surface area contributed by atoms with Crippen molar-refractivity contribution in [2.45, 2.75) is 13.3 Å². The van der Waals surface area contributed by atoms with Crippen molar-refractivity contribution >= 4 is 11.8 Å². The first-order chi connectivity index (χ1) is 8.26. The Morgan fingerprint density at radius 3 is 2.88 bits per heavy atom. The van der Waals surface area contributed by atoms with Crippen molar-refractivity contribution in [3.8, 4) is 0 Å². The number of hydrogen-bond acceptors (Lipinski definition) is 6. The second kappa shape index (κ2) is 7.81. The number of anilines is 2. The van der Waals surface area contributed by atoms with Gasteiger partial charge in [0.15, 0.2) is 0 Å². The number of rotatable bonds is 8. The summed E-state index contributed by atoms with van der Waals surface area (Å²) in [6, 6.07) is 1.90. The normalized spacial score (nSPS) is 10.3. The fraction of sp³-hybridized carbons (Fsp3) is 0.636. The molecule has 0 aliphatic rings. The van der Waals surface area contributed by atoms with E-state index in [2.05, 4.69) is 20.6 Å². The molecule has 1 rings (SSSR count). The fourth-order valence-electron chi connectivity index (χ4n) is 1.33. The first kappa shape index (κ1) is 13.7. The lowest BCUT2D eigenvalue weighted by atomic mass is 10.4. The summed E-state index contributed by atoms with van der Waals surface area (Å²) < 4.78 is 5.15. The van der Waals surface area contributed by atoms with Gasteiger partial charge in [-0.1, -0.05) is 0 Å². The van der Waals surface area contributed by atoms with Crippen molar-refractivity contribution in [1.29, 1.82) is 0 Å².